The Labute approximate surface area is 115 Å². The van der Waals surface area contributed by atoms with Crippen molar-refractivity contribution >= 4 is 0 Å². The number of nitrogens with two attached hydrogens (primary N) is 1. The summed E-state index contributed by atoms with van der Waals surface area (Å²) in [6.45, 7) is 1.83. The van der Waals surface area contributed by atoms with Crippen LogP contribution < -0.4 is 5.73 Å². The molecule has 2 fully saturated rings. The lowest BCUT2D eigenvalue weighted by molar-refractivity contribution is 0.0262. The maximum atomic E-state index is 6.06. The molecule has 2 N–H and O–H groups in total. The van der Waals surface area contributed by atoms with Crippen molar-refractivity contribution in [2.45, 2.75) is 50.6 Å². The Morgan fingerprint density at radius 3 is 2.89 bits per heavy atom. The summed E-state index contributed by atoms with van der Waals surface area (Å²) in [5.74, 6) is 0.887. The van der Waals surface area contributed by atoms with Gasteiger partial charge in [0.1, 0.15) is 6.33 Å². The minimum absolute atomic E-state index is 0.272. The summed E-state index contributed by atoms with van der Waals surface area (Å²) in [6, 6.07) is 3.02. The van der Waals surface area contributed by atoms with Gasteiger partial charge in [0.2, 0.25) is 0 Å². The first-order valence-corrected chi connectivity index (χ1v) is 7.62. The molecule has 4 heteroatoms. The van der Waals surface area contributed by atoms with Crippen LogP contribution in [0.3, 0.4) is 0 Å². The molecule has 0 aromatic carbocycles. The van der Waals surface area contributed by atoms with E-state index < -0.39 is 0 Å². The summed E-state index contributed by atoms with van der Waals surface area (Å²) in [6.07, 6.45) is 11.7. The lowest BCUT2D eigenvalue weighted by Crippen LogP contribution is -2.50. The van der Waals surface area contributed by atoms with E-state index >= 15 is 0 Å². The van der Waals surface area contributed by atoms with Gasteiger partial charge in [-0.2, -0.15) is 0 Å². The topological polar surface area (TPSA) is 55.0 Å². The van der Waals surface area contributed by atoms with Gasteiger partial charge in [0.15, 0.2) is 0 Å². The van der Waals surface area contributed by atoms with Gasteiger partial charge < -0.3 is 5.73 Å². The first-order valence-electron chi connectivity index (χ1n) is 7.62. The average Bonchev–Trinajstić information content (AvgIpc) is 2.49. The van der Waals surface area contributed by atoms with E-state index in [1.807, 2.05) is 12.3 Å². The van der Waals surface area contributed by atoms with Gasteiger partial charge in [-0.3, -0.25) is 4.90 Å². The number of rotatable bonds is 3. The van der Waals surface area contributed by atoms with E-state index in [0.29, 0.717) is 6.54 Å². The number of likely N-dealkylation sites (tertiary alicyclic amines) is 1. The summed E-state index contributed by atoms with van der Waals surface area (Å²) in [7, 11) is 0. The SMILES string of the molecule is NCC(c1ccncn1)N1CCCC2CCCCC21. The molecule has 1 aromatic heterocycles. The summed E-state index contributed by atoms with van der Waals surface area (Å²) in [4.78, 5) is 11.1. The van der Waals surface area contributed by atoms with Crippen LogP contribution in [-0.2, 0) is 0 Å². The number of hydrogen-bond donors (Lipinski definition) is 1. The van der Waals surface area contributed by atoms with Crippen LogP contribution in [0.1, 0.15) is 50.3 Å². The Morgan fingerprint density at radius 2 is 2.11 bits per heavy atom. The minimum Gasteiger partial charge on any atom is -0.329 e. The molecule has 1 aromatic rings. The van der Waals surface area contributed by atoms with Crippen molar-refractivity contribution in [1.29, 1.82) is 0 Å². The molecule has 19 heavy (non-hydrogen) atoms. The molecule has 104 valence electrons. The van der Waals surface area contributed by atoms with Crippen molar-refractivity contribution < 1.29 is 0 Å². The molecule has 3 atom stereocenters. The third-order valence-electron chi connectivity index (χ3n) is 4.86. The molecule has 0 radical (unpaired) electrons. The predicted octanol–water partition coefficient (Wildman–Crippen LogP) is 2.13. The molecule has 4 nitrogen and oxygen atoms in total. The van der Waals surface area contributed by atoms with Crippen molar-refractivity contribution in [3.8, 4) is 0 Å². The Kier molecular flexibility index (Phi) is 4.09. The van der Waals surface area contributed by atoms with Gasteiger partial charge >= 0.3 is 0 Å². The van der Waals surface area contributed by atoms with Gasteiger partial charge in [0, 0.05) is 18.8 Å². The summed E-state index contributed by atoms with van der Waals surface area (Å²) in [5.41, 5.74) is 7.14. The van der Waals surface area contributed by atoms with E-state index in [4.69, 9.17) is 5.73 Å². The molecule has 2 aliphatic rings. The Morgan fingerprint density at radius 1 is 1.26 bits per heavy atom. The highest BCUT2D eigenvalue weighted by Gasteiger charge is 2.36. The van der Waals surface area contributed by atoms with Crippen molar-refractivity contribution in [2.75, 3.05) is 13.1 Å². The number of nitrogens with zero attached hydrogens (tertiary/aromatic N) is 3. The Bertz CT molecular complexity index is 392. The summed E-state index contributed by atoms with van der Waals surface area (Å²) in [5, 5.41) is 0. The fraction of sp³-hybridized carbons (Fsp3) is 0.733. The van der Waals surface area contributed by atoms with E-state index in [1.54, 1.807) is 6.33 Å². The van der Waals surface area contributed by atoms with E-state index in [2.05, 4.69) is 14.9 Å². The second-order valence-electron chi connectivity index (χ2n) is 5.88. The Hall–Kier alpha value is -1.00. The van der Waals surface area contributed by atoms with E-state index in [-0.39, 0.29) is 6.04 Å². The maximum Gasteiger partial charge on any atom is 0.115 e. The van der Waals surface area contributed by atoms with Crippen LogP contribution in [0.5, 0.6) is 0 Å². The lowest BCUT2D eigenvalue weighted by Gasteiger charge is -2.47. The monoisotopic (exact) mass is 260 g/mol. The number of aromatic nitrogens is 2. The highest BCUT2D eigenvalue weighted by Crippen LogP contribution is 2.38. The van der Waals surface area contributed by atoms with Gasteiger partial charge in [-0.25, -0.2) is 9.97 Å². The van der Waals surface area contributed by atoms with Gasteiger partial charge in [-0.05, 0) is 44.2 Å². The molecule has 1 aliphatic heterocycles. The zero-order valence-corrected chi connectivity index (χ0v) is 11.5. The first kappa shape index (κ1) is 13.0. The molecule has 3 unspecified atom stereocenters. The van der Waals surface area contributed by atoms with Crippen molar-refractivity contribution in [1.82, 2.24) is 14.9 Å². The van der Waals surface area contributed by atoms with Crippen molar-refractivity contribution in [3.05, 3.63) is 24.3 Å². The molecule has 1 saturated carbocycles. The van der Waals surface area contributed by atoms with E-state index in [0.717, 1.165) is 17.7 Å². The van der Waals surface area contributed by atoms with Gasteiger partial charge in [-0.1, -0.05) is 12.8 Å². The highest BCUT2D eigenvalue weighted by molar-refractivity contribution is 5.07. The first-order chi connectivity index (χ1) is 9.40. The highest BCUT2D eigenvalue weighted by atomic mass is 15.2. The zero-order valence-electron chi connectivity index (χ0n) is 11.5. The van der Waals surface area contributed by atoms with Crippen LogP contribution in [-0.4, -0.2) is 34.0 Å². The molecular formula is C15H24N4. The molecular weight excluding hydrogens is 236 g/mol. The number of piperidine rings is 1. The van der Waals surface area contributed by atoms with Crippen LogP contribution in [0.4, 0.5) is 0 Å². The fourth-order valence-electron chi connectivity index (χ4n) is 3.97. The zero-order chi connectivity index (χ0) is 13.1. The predicted molar refractivity (Wildman–Crippen MR) is 75.5 cm³/mol. The lowest BCUT2D eigenvalue weighted by atomic mass is 9.77. The molecule has 3 rings (SSSR count). The van der Waals surface area contributed by atoms with Gasteiger partial charge in [0.25, 0.3) is 0 Å². The maximum absolute atomic E-state index is 6.06. The third-order valence-corrected chi connectivity index (χ3v) is 4.86. The van der Waals surface area contributed by atoms with Crippen LogP contribution in [0.2, 0.25) is 0 Å². The fourth-order valence-corrected chi connectivity index (χ4v) is 3.97. The molecule has 1 aliphatic carbocycles. The van der Waals surface area contributed by atoms with E-state index in [1.165, 1.54) is 45.1 Å². The van der Waals surface area contributed by atoms with Crippen LogP contribution in [0.25, 0.3) is 0 Å². The normalized spacial score (nSPS) is 29.7. The van der Waals surface area contributed by atoms with E-state index in [9.17, 15) is 0 Å². The minimum atomic E-state index is 0.272. The summed E-state index contributed by atoms with van der Waals surface area (Å²) >= 11 is 0. The number of hydrogen-bond acceptors (Lipinski definition) is 4. The van der Waals surface area contributed by atoms with Crippen LogP contribution >= 0.6 is 0 Å². The standard InChI is InChI=1S/C15H24N4/c16-10-15(13-7-8-17-11-18-13)19-9-3-5-12-4-1-2-6-14(12)19/h7-8,11-12,14-15H,1-6,9-10,16H2. The van der Waals surface area contributed by atoms with Gasteiger partial charge in [-0.15, -0.1) is 0 Å². The second kappa shape index (κ2) is 5.97. The van der Waals surface area contributed by atoms with Gasteiger partial charge in [0.05, 0.1) is 11.7 Å². The average molecular weight is 260 g/mol. The third kappa shape index (κ3) is 2.65. The molecule has 0 bridgehead atoms. The van der Waals surface area contributed by atoms with Crippen molar-refractivity contribution in [3.63, 3.8) is 0 Å². The quantitative estimate of drug-likeness (QED) is 0.904. The van der Waals surface area contributed by atoms with Crippen molar-refractivity contribution in [2.24, 2.45) is 11.7 Å². The molecule has 0 amide bonds. The summed E-state index contributed by atoms with van der Waals surface area (Å²) < 4.78 is 0. The Balaban J connectivity index is 1.81. The van der Waals surface area contributed by atoms with Crippen LogP contribution in [0.15, 0.2) is 18.6 Å². The van der Waals surface area contributed by atoms with Crippen LogP contribution in [0, 0.1) is 5.92 Å². The second-order valence-corrected chi connectivity index (χ2v) is 5.88. The molecule has 2 heterocycles. The largest absolute Gasteiger partial charge is 0.329 e. The molecule has 1 saturated heterocycles. The molecule has 0 spiro atoms. The smallest absolute Gasteiger partial charge is 0.115 e. The number of fused-ring (bicyclic) bond motifs is 1.